The zero-order valence-electron chi connectivity index (χ0n) is 14.7. The van der Waals surface area contributed by atoms with Gasteiger partial charge in [-0.15, -0.1) is 0 Å². The van der Waals surface area contributed by atoms with E-state index in [0.29, 0.717) is 17.4 Å². The smallest absolute Gasteiger partial charge is 0.291 e. The lowest BCUT2D eigenvalue weighted by molar-refractivity contribution is -0.124. The van der Waals surface area contributed by atoms with E-state index < -0.39 is 0 Å². The van der Waals surface area contributed by atoms with E-state index in [9.17, 15) is 9.59 Å². The first-order valence-electron chi connectivity index (χ1n) is 8.69. The Morgan fingerprint density at radius 1 is 1.31 bits per heavy atom. The van der Waals surface area contributed by atoms with Crippen LogP contribution in [0.3, 0.4) is 0 Å². The van der Waals surface area contributed by atoms with Gasteiger partial charge in [-0.3, -0.25) is 9.59 Å². The number of carbonyl (C=O) groups is 2. The third kappa shape index (κ3) is 4.86. The quantitative estimate of drug-likeness (QED) is 0.736. The molecule has 7 nitrogen and oxygen atoms in total. The number of benzene rings is 1. The molecule has 2 heterocycles. The Morgan fingerprint density at radius 3 is 2.96 bits per heavy atom. The Kier molecular flexibility index (Phi) is 5.91. The Morgan fingerprint density at radius 2 is 2.19 bits per heavy atom. The fraction of sp³-hybridized carbons (Fsp3) is 0.368. The monoisotopic (exact) mass is 357 g/mol. The van der Waals surface area contributed by atoms with Crippen molar-refractivity contribution in [3.05, 3.63) is 48.4 Å². The van der Waals surface area contributed by atoms with Crippen LogP contribution in [0.1, 0.15) is 23.9 Å². The Hall–Kier alpha value is -2.80. The van der Waals surface area contributed by atoms with Crippen molar-refractivity contribution in [3.63, 3.8) is 0 Å². The number of anilines is 1. The van der Waals surface area contributed by atoms with Gasteiger partial charge in [0.2, 0.25) is 0 Å². The molecule has 3 N–H and O–H groups in total. The van der Waals surface area contributed by atoms with E-state index in [-0.39, 0.29) is 30.2 Å². The van der Waals surface area contributed by atoms with Gasteiger partial charge in [-0.2, -0.15) is 0 Å². The molecule has 1 saturated heterocycles. The maximum absolute atomic E-state index is 12.1. The highest BCUT2D eigenvalue weighted by Crippen LogP contribution is 2.18. The molecular formula is C19H23N3O4. The first-order valence-corrected chi connectivity index (χ1v) is 8.69. The molecule has 2 aromatic rings. The van der Waals surface area contributed by atoms with Gasteiger partial charge in [-0.25, -0.2) is 0 Å². The van der Waals surface area contributed by atoms with Gasteiger partial charge in [0.25, 0.3) is 11.8 Å². The average molecular weight is 357 g/mol. The van der Waals surface area contributed by atoms with Crippen LogP contribution in [0.15, 0.2) is 47.1 Å². The molecule has 0 bridgehead atoms. The van der Waals surface area contributed by atoms with Gasteiger partial charge in [0, 0.05) is 17.8 Å². The van der Waals surface area contributed by atoms with Crippen LogP contribution in [0.4, 0.5) is 5.69 Å². The fourth-order valence-corrected chi connectivity index (χ4v) is 2.89. The molecule has 1 aromatic heterocycles. The molecule has 1 aliphatic rings. The van der Waals surface area contributed by atoms with Crippen molar-refractivity contribution in [1.29, 1.82) is 0 Å². The van der Waals surface area contributed by atoms with Crippen molar-refractivity contribution in [2.75, 3.05) is 25.0 Å². The predicted molar refractivity (Wildman–Crippen MR) is 97.2 cm³/mol. The van der Waals surface area contributed by atoms with Crippen molar-refractivity contribution >= 4 is 17.5 Å². The molecule has 138 valence electrons. The number of carbonyl (C=O) groups excluding carboxylic acids is 2. The summed E-state index contributed by atoms with van der Waals surface area (Å²) in [5, 5.41) is 9.05. The summed E-state index contributed by atoms with van der Waals surface area (Å²) < 4.78 is 10.6. The summed E-state index contributed by atoms with van der Waals surface area (Å²) in [6.07, 6.45) is 2.36. The lowest BCUT2D eigenvalue weighted by atomic mass is 9.95. The van der Waals surface area contributed by atoms with Gasteiger partial charge < -0.3 is 25.1 Å². The van der Waals surface area contributed by atoms with Crippen LogP contribution in [0.2, 0.25) is 0 Å². The minimum Gasteiger partial charge on any atom is -0.484 e. The molecule has 26 heavy (non-hydrogen) atoms. The second-order valence-corrected chi connectivity index (χ2v) is 6.39. The Labute approximate surface area is 152 Å². The normalized spacial score (nSPS) is 19.6. The second kappa shape index (κ2) is 8.53. The topological polar surface area (TPSA) is 92.6 Å². The number of hydrogen-bond acceptors (Lipinski definition) is 5. The van der Waals surface area contributed by atoms with Crippen LogP contribution in [0.5, 0.6) is 5.75 Å². The predicted octanol–water partition coefficient (Wildman–Crippen LogP) is 2.02. The van der Waals surface area contributed by atoms with Gasteiger partial charge in [-0.05, 0) is 49.7 Å². The molecule has 0 aliphatic carbocycles. The van der Waals surface area contributed by atoms with E-state index in [4.69, 9.17) is 9.15 Å². The number of nitrogens with one attached hydrogen (secondary N) is 3. The van der Waals surface area contributed by atoms with E-state index in [1.165, 1.54) is 6.26 Å². The molecular weight excluding hydrogens is 334 g/mol. The molecule has 0 saturated carbocycles. The molecule has 1 aliphatic heterocycles. The van der Waals surface area contributed by atoms with Gasteiger partial charge in [0.05, 0.1) is 6.26 Å². The minimum atomic E-state index is -0.343. The lowest BCUT2D eigenvalue weighted by Crippen LogP contribution is -2.49. The van der Waals surface area contributed by atoms with E-state index in [0.717, 1.165) is 19.5 Å². The largest absolute Gasteiger partial charge is 0.484 e. The van der Waals surface area contributed by atoms with Crippen molar-refractivity contribution < 1.29 is 18.7 Å². The number of rotatable bonds is 6. The van der Waals surface area contributed by atoms with E-state index in [1.54, 1.807) is 36.4 Å². The van der Waals surface area contributed by atoms with E-state index in [1.807, 2.05) is 0 Å². The van der Waals surface area contributed by atoms with Gasteiger partial charge in [0.15, 0.2) is 12.4 Å². The fourth-order valence-electron chi connectivity index (χ4n) is 2.89. The molecule has 2 unspecified atom stereocenters. The van der Waals surface area contributed by atoms with Crippen molar-refractivity contribution in [3.8, 4) is 5.75 Å². The standard InChI is InChI=1S/C19H23N3O4/c1-13-11-20-8-7-16(13)22-18(23)12-26-15-5-2-4-14(10-15)21-19(24)17-6-3-9-25-17/h2-6,9-10,13,16,20H,7-8,11-12H2,1H3,(H,21,24)(H,22,23). The van der Waals surface area contributed by atoms with Gasteiger partial charge >= 0.3 is 0 Å². The number of hydrogen-bond donors (Lipinski definition) is 3. The van der Waals surface area contributed by atoms with Gasteiger partial charge in [-0.1, -0.05) is 13.0 Å². The highest BCUT2D eigenvalue weighted by atomic mass is 16.5. The second-order valence-electron chi connectivity index (χ2n) is 6.39. The number of ether oxygens (including phenoxy) is 1. The van der Waals surface area contributed by atoms with Gasteiger partial charge in [0.1, 0.15) is 5.75 Å². The summed E-state index contributed by atoms with van der Waals surface area (Å²) in [5.41, 5.74) is 0.566. The van der Waals surface area contributed by atoms with Crippen molar-refractivity contribution in [2.24, 2.45) is 5.92 Å². The summed E-state index contributed by atoms with van der Waals surface area (Å²) in [6.45, 7) is 3.87. The van der Waals surface area contributed by atoms with Crippen molar-refractivity contribution in [1.82, 2.24) is 10.6 Å². The highest BCUT2D eigenvalue weighted by Gasteiger charge is 2.22. The van der Waals surface area contributed by atoms with Crippen LogP contribution in [0.25, 0.3) is 0 Å². The Bertz CT molecular complexity index is 745. The number of furan rings is 1. The van der Waals surface area contributed by atoms with Crippen LogP contribution in [-0.4, -0.2) is 37.6 Å². The Balaban J connectivity index is 1.50. The molecule has 2 amide bonds. The summed E-state index contributed by atoms with van der Waals surface area (Å²) >= 11 is 0. The lowest BCUT2D eigenvalue weighted by Gasteiger charge is -2.30. The SMILES string of the molecule is CC1CNCCC1NC(=O)COc1cccc(NC(=O)c2ccco2)c1. The van der Waals surface area contributed by atoms with Crippen LogP contribution < -0.4 is 20.7 Å². The summed E-state index contributed by atoms with van der Waals surface area (Å²) in [7, 11) is 0. The summed E-state index contributed by atoms with van der Waals surface area (Å²) in [4.78, 5) is 24.1. The number of piperidine rings is 1. The van der Waals surface area contributed by atoms with Crippen LogP contribution in [0, 0.1) is 5.92 Å². The summed E-state index contributed by atoms with van der Waals surface area (Å²) in [5.74, 6) is 0.647. The summed E-state index contributed by atoms with van der Waals surface area (Å²) in [6, 6.07) is 10.3. The third-order valence-corrected chi connectivity index (χ3v) is 4.34. The first-order chi connectivity index (χ1) is 12.6. The molecule has 1 fully saturated rings. The van der Waals surface area contributed by atoms with E-state index >= 15 is 0 Å². The maximum Gasteiger partial charge on any atom is 0.291 e. The van der Waals surface area contributed by atoms with E-state index in [2.05, 4.69) is 22.9 Å². The third-order valence-electron chi connectivity index (χ3n) is 4.34. The first kappa shape index (κ1) is 18.0. The van der Waals surface area contributed by atoms with Crippen LogP contribution in [-0.2, 0) is 4.79 Å². The zero-order valence-corrected chi connectivity index (χ0v) is 14.7. The minimum absolute atomic E-state index is 0.0633. The molecule has 2 atom stereocenters. The maximum atomic E-state index is 12.1. The van der Waals surface area contributed by atoms with Crippen LogP contribution >= 0.6 is 0 Å². The molecule has 0 spiro atoms. The molecule has 0 radical (unpaired) electrons. The zero-order chi connectivity index (χ0) is 18.4. The molecule has 1 aromatic carbocycles. The molecule has 7 heteroatoms. The molecule has 3 rings (SSSR count). The van der Waals surface area contributed by atoms with Crippen molar-refractivity contribution in [2.45, 2.75) is 19.4 Å². The highest BCUT2D eigenvalue weighted by molar-refractivity contribution is 6.02. The average Bonchev–Trinajstić information content (AvgIpc) is 3.17. The number of amides is 2.